The van der Waals surface area contributed by atoms with E-state index in [1.54, 1.807) is 18.6 Å². The average molecular weight is 366 g/mol. The predicted molar refractivity (Wildman–Crippen MR) is 86.1 cm³/mol. The molecule has 0 spiro atoms. The molecule has 1 saturated carbocycles. The molecule has 1 aliphatic carbocycles. The molecule has 0 atom stereocenters. The first kappa shape index (κ1) is 17.3. The SMILES string of the molecule is C/C(=N\N=C(/[S-])N1CC2CCC(CC2)C1)c1cnccn1.[Cu]. The quantitative estimate of drug-likeness (QED) is 0.265. The van der Waals surface area contributed by atoms with E-state index in [0.29, 0.717) is 5.17 Å². The molecular formula is C15H20CuN5S-. The van der Waals surface area contributed by atoms with E-state index in [0.717, 1.165) is 36.3 Å². The number of fused-ring (bicyclic) bond motifs is 4. The number of nitrogens with zero attached hydrogens (tertiary/aromatic N) is 5. The fraction of sp³-hybridized carbons (Fsp3) is 0.600. The molecule has 0 unspecified atom stereocenters. The summed E-state index contributed by atoms with van der Waals surface area (Å²) >= 11 is 5.45. The Morgan fingerprint density at radius 1 is 1.14 bits per heavy atom. The fourth-order valence-corrected chi connectivity index (χ4v) is 3.36. The Balaban J connectivity index is 0.00000176. The van der Waals surface area contributed by atoms with Crippen LogP contribution in [0.5, 0.6) is 0 Å². The van der Waals surface area contributed by atoms with Crippen molar-refractivity contribution in [2.24, 2.45) is 22.0 Å². The number of amidine groups is 1. The van der Waals surface area contributed by atoms with Gasteiger partial charge in [0.05, 0.1) is 11.9 Å². The van der Waals surface area contributed by atoms with Gasteiger partial charge >= 0.3 is 0 Å². The van der Waals surface area contributed by atoms with E-state index >= 15 is 0 Å². The van der Waals surface area contributed by atoms with Gasteiger partial charge < -0.3 is 17.5 Å². The summed E-state index contributed by atoms with van der Waals surface area (Å²) in [5, 5.41) is 9.08. The summed E-state index contributed by atoms with van der Waals surface area (Å²) in [6, 6.07) is 0. The van der Waals surface area contributed by atoms with Crippen molar-refractivity contribution in [3.8, 4) is 0 Å². The number of hydrogen-bond acceptors (Lipinski definition) is 5. The van der Waals surface area contributed by atoms with Crippen LogP contribution in [0, 0.1) is 11.8 Å². The second-order valence-corrected chi connectivity index (χ2v) is 6.32. The summed E-state index contributed by atoms with van der Waals surface area (Å²) in [7, 11) is 0. The molecule has 0 aromatic carbocycles. The zero-order valence-electron chi connectivity index (χ0n) is 12.6. The third-order valence-electron chi connectivity index (χ3n) is 4.41. The minimum Gasteiger partial charge on any atom is -0.741 e. The Hall–Kier alpha value is -1.04. The van der Waals surface area contributed by atoms with Crippen LogP contribution in [0.2, 0.25) is 0 Å². The average Bonchev–Trinajstić information content (AvgIpc) is 2.87. The van der Waals surface area contributed by atoms with Crippen LogP contribution in [0.1, 0.15) is 38.3 Å². The van der Waals surface area contributed by atoms with E-state index in [4.69, 9.17) is 12.6 Å². The van der Waals surface area contributed by atoms with Crippen molar-refractivity contribution in [3.63, 3.8) is 0 Å². The van der Waals surface area contributed by atoms with Crippen LogP contribution in [0.15, 0.2) is 28.8 Å². The molecule has 2 saturated heterocycles. The van der Waals surface area contributed by atoms with Gasteiger partial charge in [-0.25, -0.2) is 0 Å². The van der Waals surface area contributed by atoms with Crippen LogP contribution in [0.3, 0.4) is 0 Å². The first-order valence-corrected chi connectivity index (χ1v) is 7.94. The molecule has 2 aliphatic heterocycles. The summed E-state index contributed by atoms with van der Waals surface area (Å²) in [6.45, 7) is 3.96. The van der Waals surface area contributed by atoms with Gasteiger partial charge in [-0.2, -0.15) is 10.2 Å². The number of aromatic nitrogens is 2. The Morgan fingerprint density at radius 3 is 2.32 bits per heavy atom. The van der Waals surface area contributed by atoms with Crippen molar-refractivity contribution < 1.29 is 17.1 Å². The van der Waals surface area contributed by atoms with E-state index in [1.165, 1.54) is 25.7 Å². The first-order chi connectivity index (χ1) is 10.2. The summed E-state index contributed by atoms with van der Waals surface area (Å²) in [4.78, 5) is 10.5. The van der Waals surface area contributed by atoms with Gasteiger partial charge in [0, 0.05) is 47.7 Å². The molecule has 7 heteroatoms. The van der Waals surface area contributed by atoms with Gasteiger partial charge in [0.25, 0.3) is 0 Å². The molecule has 5 nitrogen and oxygen atoms in total. The maximum absolute atomic E-state index is 5.45. The molecule has 1 aromatic rings. The molecule has 3 heterocycles. The smallest absolute Gasteiger partial charge is 0.104 e. The van der Waals surface area contributed by atoms with Crippen LogP contribution in [0.4, 0.5) is 0 Å². The van der Waals surface area contributed by atoms with Crippen molar-refractivity contribution in [2.45, 2.75) is 32.6 Å². The molecule has 123 valence electrons. The van der Waals surface area contributed by atoms with Crippen molar-refractivity contribution in [3.05, 3.63) is 24.3 Å². The first-order valence-electron chi connectivity index (χ1n) is 7.53. The topological polar surface area (TPSA) is 53.7 Å². The van der Waals surface area contributed by atoms with Crippen LogP contribution >= 0.6 is 0 Å². The van der Waals surface area contributed by atoms with Gasteiger partial charge in [-0.1, -0.05) is 0 Å². The molecule has 1 aromatic heterocycles. The largest absolute Gasteiger partial charge is 0.741 e. The van der Waals surface area contributed by atoms with E-state index < -0.39 is 0 Å². The van der Waals surface area contributed by atoms with Gasteiger partial charge in [-0.3, -0.25) is 9.97 Å². The zero-order chi connectivity index (χ0) is 14.7. The molecule has 3 aliphatic rings. The molecule has 2 bridgehead atoms. The molecule has 0 N–H and O–H groups in total. The minimum absolute atomic E-state index is 0. The molecule has 4 rings (SSSR count). The van der Waals surface area contributed by atoms with Crippen molar-refractivity contribution >= 4 is 23.5 Å². The van der Waals surface area contributed by atoms with Crippen LogP contribution in [0.25, 0.3) is 0 Å². The van der Waals surface area contributed by atoms with E-state index in [1.807, 2.05) is 6.92 Å². The van der Waals surface area contributed by atoms with Gasteiger partial charge in [0.1, 0.15) is 5.69 Å². The molecule has 0 amide bonds. The van der Waals surface area contributed by atoms with Gasteiger partial charge in [-0.15, -0.1) is 0 Å². The number of rotatable bonds is 2. The third-order valence-corrected chi connectivity index (χ3v) is 4.75. The van der Waals surface area contributed by atoms with Gasteiger partial charge in [-0.05, 0) is 44.4 Å². The van der Waals surface area contributed by atoms with E-state index in [-0.39, 0.29) is 17.1 Å². The molecule has 1 radical (unpaired) electrons. The molecule has 3 fully saturated rings. The second kappa shape index (κ2) is 7.99. The van der Waals surface area contributed by atoms with Gasteiger partial charge in [0.2, 0.25) is 0 Å². The van der Waals surface area contributed by atoms with Crippen LogP contribution in [-0.4, -0.2) is 38.8 Å². The predicted octanol–water partition coefficient (Wildman–Crippen LogP) is 2.22. The summed E-state index contributed by atoms with van der Waals surface area (Å²) < 4.78 is 0. The van der Waals surface area contributed by atoms with Gasteiger partial charge in [0.15, 0.2) is 0 Å². The van der Waals surface area contributed by atoms with Crippen molar-refractivity contribution in [1.29, 1.82) is 0 Å². The Morgan fingerprint density at radius 2 is 1.77 bits per heavy atom. The minimum atomic E-state index is 0. The Bertz CT molecular complexity index is 526. The standard InChI is InChI=1S/C15H21N5S.Cu/c1-11(14-8-16-6-7-17-14)18-19-15(21)20-9-12-2-3-13(10-20)5-4-12;/h6-8,12-13H,2-5,9-10H2,1H3,(H,19,21);/p-1/b18-11+;. The summed E-state index contributed by atoms with van der Waals surface area (Å²) in [6.07, 6.45) is 10.3. The molecular weight excluding hydrogens is 346 g/mol. The summed E-state index contributed by atoms with van der Waals surface area (Å²) in [5.74, 6) is 1.56. The Kier molecular flexibility index (Phi) is 6.29. The maximum atomic E-state index is 5.45. The van der Waals surface area contributed by atoms with Crippen LogP contribution in [-0.2, 0) is 29.7 Å². The monoisotopic (exact) mass is 365 g/mol. The molecule has 22 heavy (non-hydrogen) atoms. The second-order valence-electron chi connectivity index (χ2n) is 5.95. The van der Waals surface area contributed by atoms with E-state index in [2.05, 4.69) is 25.1 Å². The fourth-order valence-electron chi connectivity index (χ4n) is 3.17. The zero-order valence-corrected chi connectivity index (χ0v) is 14.3. The normalized spacial score (nSPS) is 25.6. The van der Waals surface area contributed by atoms with Crippen LogP contribution < -0.4 is 0 Å². The van der Waals surface area contributed by atoms with E-state index in [9.17, 15) is 0 Å². The maximum Gasteiger partial charge on any atom is 0.104 e. The summed E-state index contributed by atoms with van der Waals surface area (Å²) in [5.41, 5.74) is 1.48. The Labute approximate surface area is 147 Å². The van der Waals surface area contributed by atoms with Crippen molar-refractivity contribution in [2.75, 3.05) is 13.1 Å². The number of hydrogen-bond donors (Lipinski definition) is 0. The van der Waals surface area contributed by atoms with Crippen molar-refractivity contribution in [1.82, 2.24) is 14.9 Å². The third kappa shape index (κ3) is 4.24.